The van der Waals surface area contributed by atoms with Crippen molar-refractivity contribution in [3.05, 3.63) is 34.1 Å². The molecule has 1 unspecified atom stereocenters. The smallest absolute Gasteiger partial charge is 0.137 e. The fraction of sp³-hybridized carbons (Fsp3) is 0.455. The molecule has 0 radical (unpaired) electrons. The van der Waals surface area contributed by atoms with E-state index in [0.29, 0.717) is 16.9 Å². The molecule has 1 aromatic carbocycles. The molecule has 0 saturated heterocycles. The van der Waals surface area contributed by atoms with E-state index in [0.717, 1.165) is 18.4 Å². The van der Waals surface area contributed by atoms with E-state index in [2.05, 4.69) is 22.9 Å². The molecule has 2 N–H and O–H groups in total. The molecule has 0 aliphatic carbocycles. The van der Waals surface area contributed by atoms with Gasteiger partial charge in [-0.2, -0.15) is 0 Å². The molecule has 0 spiro atoms. The second kappa shape index (κ2) is 5.47. The van der Waals surface area contributed by atoms with Gasteiger partial charge in [-0.15, -0.1) is 0 Å². The lowest BCUT2D eigenvalue weighted by molar-refractivity contribution is 0.514. The van der Waals surface area contributed by atoms with Crippen molar-refractivity contribution in [3.8, 4) is 0 Å². The molecule has 1 nitrogen and oxygen atoms in total. The zero-order valence-corrected chi connectivity index (χ0v) is 9.85. The summed E-state index contributed by atoms with van der Waals surface area (Å²) < 4.78 is 13.7. The highest BCUT2D eigenvalue weighted by Gasteiger charge is 2.10. The molecular formula is C11H15BrFN. The molecule has 0 fully saturated rings. The van der Waals surface area contributed by atoms with Crippen molar-refractivity contribution in [2.75, 3.05) is 6.54 Å². The highest BCUT2D eigenvalue weighted by molar-refractivity contribution is 9.10. The van der Waals surface area contributed by atoms with Crippen molar-refractivity contribution in [2.45, 2.75) is 19.8 Å². The van der Waals surface area contributed by atoms with Crippen LogP contribution in [0.25, 0.3) is 0 Å². The zero-order valence-electron chi connectivity index (χ0n) is 8.26. The molecular weight excluding hydrogens is 245 g/mol. The third kappa shape index (κ3) is 2.79. The van der Waals surface area contributed by atoms with Gasteiger partial charge in [-0.3, -0.25) is 0 Å². The van der Waals surface area contributed by atoms with Gasteiger partial charge in [0.25, 0.3) is 0 Å². The van der Waals surface area contributed by atoms with Crippen LogP contribution in [0, 0.1) is 11.7 Å². The van der Waals surface area contributed by atoms with E-state index in [4.69, 9.17) is 5.73 Å². The van der Waals surface area contributed by atoms with Gasteiger partial charge in [-0.05, 0) is 46.4 Å². The van der Waals surface area contributed by atoms with Gasteiger partial charge in [-0.1, -0.05) is 25.5 Å². The third-order valence-corrected chi connectivity index (χ3v) is 3.34. The van der Waals surface area contributed by atoms with Gasteiger partial charge in [-0.25, -0.2) is 4.39 Å². The fourth-order valence-corrected chi connectivity index (χ4v) is 1.84. The Morgan fingerprint density at radius 3 is 2.79 bits per heavy atom. The van der Waals surface area contributed by atoms with Gasteiger partial charge in [0.2, 0.25) is 0 Å². The molecule has 3 heteroatoms. The normalized spacial score (nSPS) is 12.9. The number of benzene rings is 1. The van der Waals surface area contributed by atoms with Gasteiger partial charge < -0.3 is 5.73 Å². The van der Waals surface area contributed by atoms with Crippen LogP contribution in [0.4, 0.5) is 4.39 Å². The van der Waals surface area contributed by atoms with Gasteiger partial charge in [0.15, 0.2) is 0 Å². The molecule has 1 rings (SSSR count). The molecule has 0 amide bonds. The van der Waals surface area contributed by atoms with Crippen LogP contribution in [0.1, 0.15) is 18.9 Å². The third-order valence-electron chi connectivity index (χ3n) is 2.45. The van der Waals surface area contributed by atoms with Gasteiger partial charge in [0, 0.05) is 0 Å². The van der Waals surface area contributed by atoms with E-state index in [1.165, 1.54) is 6.07 Å². The summed E-state index contributed by atoms with van der Waals surface area (Å²) in [6, 6.07) is 5.13. The fourth-order valence-electron chi connectivity index (χ4n) is 1.41. The summed E-state index contributed by atoms with van der Waals surface area (Å²) in [6.45, 7) is 2.75. The maximum Gasteiger partial charge on any atom is 0.137 e. The second-order valence-corrected chi connectivity index (χ2v) is 4.22. The van der Waals surface area contributed by atoms with E-state index in [1.54, 1.807) is 6.07 Å². The summed E-state index contributed by atoms with van der Waals surface area (Å²) in [6.07, 6.45) is 1.87. The van der Waals surface area contributed by atoms with Crippen LogP contribution in [0.2, 0.25) is 0 Å². The Labute approximate surface area is 92.6 Å². The molecule has 0 aliphatic rings. The Bertz CT molecular complexity index is 297. The second-order valence-electron chi connectivity index (χ2n) is 3.43. The molecule has 0 aliphatic heterocycles. The highest BCUT2D eigenvalue weighted by atomic mass is 79.9. The number of hydrogen-bond acceptors (Lipinski definition) is 1. The minimum atomic E-state index is -0.200. The summed E-state index contributed by atoms with van der Waals surface area (Å²) in [5.74, 6) is 0.238. The molecule has 1 aromatic rings. The largest absolute Gasteiger partial charge is 0.330 e. The summed E-state index contributed by atoms with van der Waals surface area (Å²) in [7, 11) is 0. The first-order valence-corrected chi connectivity index (χ1v) is 5.61. The summed E-state index contributed by atoms with van der Waals surface area (Å²) in [4.78, 5) is 0. The lowest BCUT2D eigenvalue weighted by Crippen LogP contribution is -2.16. The van der Waals surface area contributed by atoms with Crippen molar-refractivity contribution < 1.29 is 4.39 Å². The number of hydrogen-bond donors (Lipinski definition) is 1. The van der Waals surface area contributed by atoms with Crippen LogP contribution in [-0.4, -0.2) is 6.54 Å². The Morgan fingerprint density at radius 2 is 2.21 bits per heavy atom. The maximum absolute atomic E-state index is 13.2. The van der Waals surface area contributed by atoms with Crippen molar-refractivity contribution in [1.29, 1.82) is 0 Å². The summed E-state index contributed by atoms with van der Waals surface area (Å²) in [5.41, 5.74) is 6.61. The molecule has 78 valence electrons. The van der Waals surface area contributed by atoms with Crippen LogP contribution in [0.5, 0.6) is 0 Å². The van der Waals surface area contributed by atoms with Crippen molar-refractivity contribution in [2.24, 2.45) is 11.7 Å². The molecule has 14 heavy (non-hydrogen) atoms. The Morgan fingerprint density at radius 1 is 1.50 bits per heavy atom. The van der Waals surface area contributed by atoms with Crippen molar-refractivity contribution in [3.63, 3.8) is 0 Å². The highest BCUT2D eigenvalue weighted by Crippen LogP contribution is 2.23. The van der Waals surface area contributed by atoms with Crippen molar-refractivity contribution in [1.82, 2.24) is 0 Å². The van der Waals surface area contributed by atoms with E-state index in [-0.39, 0.29) is 5.82 Å². The number of halogens is 2. The Balaban J connectivity index is 2.80. The summed E-state index contributed by atoms with van der Waals surface area (Å²) >= 11 is 3.25. The number of rotatable bonds is 4. The Kier molecular flexibility index (Phi) is 4.55. The molecule has 0 heterocycles. The van der Waals surface area contributed by atoms with Crippen LogP contribution < -0.4 is 5.73 Å². The van der Waals surface area contributed by atoms with E-state index in [1.807, 2.05) is 6.07 Å². The molecule has 0 bridgehead atoms. The molecule has 1 atom stereocenters. The first kappa shape index (κ1) is 11.7. The number of nitrogens with two attached hydrogens (primary N) is 1. The van der Waals surface area contributed by atoms with Gasteiger partial charge in [0.05, 0.1) is 4.47 Å². The first-order valence-electron chi connectivity index (χ1n) is 4.82. The van der Waals surface area contributed by atoms with Crippen LogP contribution >= 0.6 is 15.9 Å². The van der Waals surface area contributed by atoms with Crippen molar-refractivity contribution >= 4 is 15.9 Å². The van der Waals surface area contributed by atoms with Crippen LogP contribution in [-0.2, 0) is 6.42 Å². The zero-order chi connectivity index (χ0) is 10.6. The van der Waals surface area contributed by atoms with E-state index < -0.39 is 0 Å². The van der Waals surface area contributed by atoms with E-state index >= 15 is 0 Å². The first-order chi connectivity index (χ1) is 6.69. The predicted octanol–water partition coefficient (Wildman–Crippen LogP) is 3.12. The lowest BCUT2D eigenvalue weighted by Gasteiger charge is -2.13. The Hall–Kier alpha value is -0.410. The maximum atomic E-state index is 13.2. The standard InChI is InChI=1S/C11H15BrFN/c1-2-8(7-14)6-9-4-3-5-10(13)11(9)12/h3-5,8H,2,6-7,14H2,1H3. The van der Waals surface area contributed by atoms with Crippen LogP contribution in [0.3, 0.4) is 0 Å². The van der Waals surface area contributed by atoms with Gasteiger partial charge in [0.1, 0.15) is 5.82 Å². The summed E-state index contributed by atoms with van der Waals surface area (Å²) in [5, 5.41) is 0. The quantitative estimate of drug-likeness (QED) is 0.884. The molecule has 0 saturated carbocycles. The lowest BCUT2D eigenvalue weighted by atomic mass is 9.97. The molecule has 0 aromatic heterocycles. The average molecular weight is 260 g/mol. The van der Waals surface area contributed by atoms with E-state index in [9.17, 15) is 4.39 Å². The minimum absolute atomic E-state index is 0.200. The SMILES string of the molecule is CCC(CN)Cc1cccc(F)c1Br. The predicted molar refractivity (Wildman–Crippen MR) is 60.6 cm³/mol. The average Bonchev–Trinajstić information content (AvgIpc) is 2.20. The van der Waals surface area contributed by atoms with Gasteiger partial charge >= 0.3 is 0 Å². The topological polar surface area (TPSA) is 26.0 Å². The van der Waals surface area contributed by atoms with Crippen LogP contribution in [0.15, 0.2) is 22.7 Å². The minimum Gasteiger partial charge on any atom is -0.330 e. The monoisotopic (exact) mass is 259 g/mol.